The SMILES string of the molecule is CN(C(=O)CN1C(=O)NC(C)(c2ccc(OC(F)(F)F)cc2)C1=O)C1CCCc2ccccc21. The van der Waals surface area contributed by atoms with E-state index in [2.05, 4.69) is 10.1 Å². The molecule has 1 aliphatic heterocycles. The highest BCUT2D eigenvalue weighted by molar-refractivity contribution is 6.09. The Hall–Kier alpha value is -3.56. The lowest BCUT2D eigenvalue weighted by molar-refractivity contribution is -0.274. The molecule has 2 aromatic rings. The Bertz CT molecular complexity index is 1120. The number of carbonyl (C=O) groups excluding carboxylic acids is 3. The number of hydrogen-bond acceptors (Lipinski definition) is 4. The molecular weight excluding hydrogens is 451 g/mol. The van der Waals surface area contributed by atoms with Gasteiger partial charge in [-0.1, -0.05) is 36.4 Å². The number of rotatable bonds is 5. The third-order valence-electron chi connectivity index (χ3n) is 6.43. The molecule has 1 aliphatic carbocycles. The van der Waals surface area contributed by atoms with Crippen LogP contribution in [0.4, 0.5) is 18.0 Å². The van der Waals surface area contributed by atoms with Crippen LogP contribution in [0.3, 0.4) is 0 Å². The average molecular weight is 475 g/mol. The molecule has 1 fully saturated rings. The zero-order valence-corrected chi connectivity index (χ0v) is 18.7. The highest BCUT2D eigenvalue weighted by Crippen LogP contribution is 2.35. The third-order valence-corrected chi connectivity index (χ3v) is 6.43. The van der Waals surface area contributed by atoms with E-state index in [-0.39, 0.29) is 17.5 Å². The van der Waals surface area contributed by atoms with Crippen molar-refractivity contribution < 1.29 is 32.3 Å². The van der Waals surface area contributed by atoms with Gasteiger partial charge in [0.25, 0.3) is 5.91 Å². The van der Waals surface area contributed by atoms with E-state index in [0.29, 0.717) is 0 Å². The number of alkyl halides is 3. The molecule has 7 nitrogen and oxygen atoms in total. The van der Waals surface area contributed by atoms with Crippen LogP contribution in [0, 0.1) is 0 Å². The topological polar surface area (TPSA) is 79.0 Å². The molecule has 0 saturated carbocycles. The van der Waals surface area contributed by atoms with E-state index in [0.717, 1.165) is 41.9 Å². The van der Waals surface area contributed by atoms with Crippen LogP contribution in [0.1, 0.15) is 42.5 Å². The van der Waals surface area contributed by atoms with Crippen LogP contribution in [0.15, 0.2) is 48.5 Å². The van der Waals surface area contributed by atoms with Gasteiger partial charge in [-0.3, -0.25) is 14.5 Å². The summed E-state index contributed by atoms with van der Waals surface area (Å²) in [6, 6.07) is 11.7. The molecule has 34 heavy (non-hydrogen) atoms. The van der Waals surface area contributed by atoms with Gasteiger partial charge in [0.1, 0.15) is 17.8 Å². The van der Waals surface area contributed by atoms with Crippen molar-refractivity contribution in [3.8, 4) is 5.75 Å². The van der Waals surface area contributed by atoms with E-state index in [4.69, 9.17) is 0 Å². The van der Waals surface area contributed by atoms with Crippen molar-refractivity contribution in [1.29, 1.82) is 0 Å². The Morgan fingerprint density at radius 3 is 2.53 bits per heavy atom. The zero-order valence-electron chi connectivity index (χ0n) is 18.7. The van der Waals surface area contributed by atoms with Crippen LogP contribution < -0.4 is 10.1 Å². The van der Waals surface area contributed by atoms with E-state index in [1.54, 1.807) is 11.9 Å². The van der Waals surface area contributed by atoms with Crippen molar-refractivity contribution in [2.24, 2.45) is 0 Å². The standard InChI is InChI=1S/C24H24F3N3O4/c1-23(16-10-12-17(13-11-16)34-24(25,26)27)21(32)30(22(33)28-23)14-20(31)29(2)19-9-5-7-15-6-3-4-8-18(15)19/h3-4,6,8,10-13,19H,5,7,9,14H2,1-2H3,(H,28,33). The zero-order chi connectivity index (χ0) is 24.7. The fourth-order valence-corrected chi connectivity index (χ4v) is 4.58. The normalized spacial score (nSPS) is 22.3. The predicted molar refractivity (Wildman–Crippen MR) is 116 cm³/mol. The summed E-state index contributed by atoms with van der Waals surface area (Å²) in [4.78, 5) is 41.2. The number of nitrogens with zero attached hydrogens (tertiary/aromatic N) is 2. The quantitative estimate of drug-likeness (QED) is 0.666. The number of imide groups is 1. The molecule has 4 amide bonds. The fourth-order valence-electron chi connectivity index (χ4n) is 4.58. The van der Waals surface area contributed by atoms with Crippen LogP contribution in [-0.4, -0.2) is 47.6 Å². The van der Waals surface area contributed by atoms with Crippen LogP contribution >= 0.6 is 0 Å². The van der Waals surface area contributed by atoms with Crippen LogP contribution in [0.2, 0.25) is 0 Å². The first kappa shape index (κ1) is 23.6. The summed E-state index contributed by atoms with van der Waals surface area (Å²) in [6.45, 7) is 1.00. The van der Waals surface area contributed by atoms with E-state index in [1.807, 2.05) is 24.3 Å². The van der Waals surface area contributed by atoms with Crippen LogP contribution in [0.25, 0.3) is 0 Å². The number of fused-ring (bicyclic) bond motifs is 1. The summed E-state index contributed by atoms with van der Waals surface area (Å²) >= 11 is 0. The number of halogens is 3. The molecular formula is C24H24F3N3O4. The summed E-state index contributed by atoms with van der Waals surface area (Å²) in [6.07, 6.45) is -2.20. The first-order valence-corrected chi connectivity index (χ1v) is 10.8. The molecule has 180 valence electrons. The van der Waals surface area contributed by atoms with Crippen molar-refractivity contribution in [2.45, 2.75) is 44.1 Å². The summed E-state index contributed by atoms with van der Waals surface area (Å²) in [5, 5.41) is 2.56. The molecule has 2 atom stereocenters. The van der Waals surface area contributed by atoms with Gasteiger partial charge < -0.3 is 15.0 Å². The number of hydrogen-bond donors (Lipinski definition) is 1. The third kappa shape index (κ3) is 4.44. The van der Waals surface area contributed by atoms with E-state index in [9.17, 15) is 27.6 Å². The molecule has 1 saturated heterocycles. The maximum absolute atomic E-state index is 13.1. The summed E-state index contributed by atoms with van der Waals surface area (Å²) in [5.41, 5.74) is 0.987. The summed E-state index contributed by atoms with van der Waals surface area (Å²) < 4.78 is 41.1. The minimum atomic E-state index is -4.84. The number of benzene rings is 2. The number of ether oxygens (including phenoxy) is 1. The Morgan fingerprint density at radius 1 is 1.18 bits per heavy atom. The van der Waals surface area contributed by atoms with Crippen molar-refractivity contribution in [1.82, 2.24) is 15.1 Å². The molecule has 0 radical (unpaired) electrons. The largest absolute Gasteiger partial charge is 0.573 e. The van der Waals surface area contributed by atoms with Crippen molar-refractivity contribution >= 4 is 17.8 Å². The second kappa shape index (κ2) is 8.66. The van der Waals surface area contributed by atoms with Crippen molar-refractivity contribution in [2.75, 3.05) is 13.6 Å². The van der Waals surface area contributed by atoms with Gasteiger partial charge in [-0.25, -0.2) is 4.79 Å². The number of likely N-dealkylation sites (N-methyl/N-ethyl adjacent to an activating group) is 1. The predicted octanol–water partition coefficient (Wildman–Crippen LogP) is 3.89. The van der Waals surface area contributed by atoms with Gasteiger partial charge in [0.2, 0.25) is 5.91 Å². The van der Waals surface area contributed by atoms with Crippen LogP contribution in [0.5, 0.6) is 5.75 Å². The van der Waals surface area contributed by atoms with E-state index < -0.39 is 36.1 Å². The lowest BCUT2D eigenvalue weighted by Gasteiger charge is -2.34. The smallest absolute Gasteiger partial charge is 0.406 e. The van der Waals surface area contributed by atoms with Crippen LogP contribution in [-0.2, 0) is 21.5 Å². The molecule has 1 N–H and O–H groups in total. The number of nitrogens with one attached hydrogen (secondary N) is 1. The first-order chi connectivity index (χ1) is 16.0. The van der Waals surface area contributed by atoms with E-state index in [1.165, 1.54) is 24.6 Å². The van der Waals surface area contributed by atoms with Gasteiger partial charge in [-0.2, -0.15) is 0 Å². The molecule has 0 aromatic heterocycles. The highest BCUT2D eigenvalue weighted by Gasteiger charge is 2.50. The Morgan fingerprint density at radius 2 is 1.85 bits per heavy atom. The number of aryl methyl sites for hydroxylation is 1. The Kier molecular flexibility index (Phi) is 6.01. The molecule has 2 unspecified atom stereocenters. The van der Waals surface area contributed by atoms with Gasteiger partial charge in [0, 0.05) is 7.05 Å². The minimum Gasteiger partial charge on any atom is -0.406 e. The monoisotopic (exact) mass is 475 g/mol. The summed E-state index contributed by atoms with van der Waals surface area (Å²) in [7, 11) is 1.66. The highest BCUT2D eigenvalue weighted by atomic mass is 19.4. The van der Waals surface area contributed by atoms with Gasteiger partial charge >= 0.3 is 12.4 Å². The lowest BCUT2D eigenvalue weighted by Crippen LogP contribution is -2.44. The lowest BCUT2D eigenvalue weighted by atomic mass is 9.87. The maximum Gasteiger partial charge on any atom is 0.573 e. The molecule has 0 spiro atoms. The second-order valence-electron chi connectivity index (χ2n) is 8.63. The Balaban J connectivity index is 1.48. The van der Waals surface area contributed by atoms with Gasteiger partial charge in [-0.05, 0) is 55.0 Å². The molecule has 4 rings (SSSR count). The molecule has 0 bridgehead atoms. The number of amides is 4. The molecule has 2 aromatic carbocycles. The van der Waals surface area contributed by atoms with Gasteiger partial charge in [0.15, 0.2) is 0 Å². The number of urea groups is 1. The van der Waals surface area contributed by atoms with Gasteiger partial charge in [0.05, 0.1) is 6.04 Å². The number of carbonyl (C=O) groups is 3. The van der Waals surface area contributed by atoms with Gasteiger partial charge in [-0.15, -0.1) is 13.2 Å². The molecule has 1 heterocycles. The van der Waals surface area contributed by atoms with Crippen molar-refractivity contribution in [3.63, 3.8) is 0 Å². The second-order valence-corrected chi connectivity index (χ2v) is 8.63. The summed E-state index contributed by atoms with van der Waals surface area (Å²) in [5.74, 6) is -1.49. The molecule has 10 heteroatoms. The fraction of sp³-hybridized carbons (Fsp3) is 0.375. The average Bonchev–Trinajstić information content (AvgIpc) is 3.01. The maximum atomic E-state index is 13.1. The van der Waals surface area contributed by atoms with Crippen molar-refractivity contribution in [3.05, 3.63) is 65.2 Å². The minimum absolute atomic E-state index is 0.147. The van der Waals surface area contributed by atoms with E-state index >= 15 is 0 Å². The first-order valence-electron chi connectivity index (χ1n) is 10.8. The Labute approximate surface area is 194 Å². The molecule has 2 aliphatic rings.